The van der Waals surface area contributed by atoms with E-state index in [2.05, 4.69) is 36.4 Å². The molecule has 0 radical (unpaired) electrons. The third-order valence-corrected chi connectivity index (χ3v) is 5.92. The van der Waals surface area contributed by atoms with Crippen molar-refractivity contribution in [2.45, 2.75) is 26.2 Å². The predicted octanol–water partition coefficient (Wildman–Crippen LogP) is 6.07. The summed E-state index contributed by atoms with van der Waals surface area (Å²) in [5, 5.41) is 0. The zero-order chi connectivity index (χ0) is 22.1. The maximum atomic E-state index is 12.9. The van der Waals surface area contributed by atoms with Crippen molar-refractivity contribution in [1.29, 1.82) is 0 Å². The Balaban J connectivity index is 2.14. The molecule has 0 aliphatic heterocycles. The molecule has 0 unspecified atom stereocenters. The first-order chi connectivity index (χ1) is 14.8. The fourth-order valence-corrected chi connectivity index (χ4v) is 4.44. The van der Waals surface area contributed by atoms with E-state index in [4.69, 9.17) is 0 Å². The Hall–Kier alpha value is -3.52. The second-order valence-electron chi connectivity index (χ2n) is 8.95. The Kier molecular flexibility index (Phi) is 5.32. The third-order valence-electron chi connectivity index (χ3n) is 5.92. The normalized spacial score (nSPS) is 14.8. The molecular formula is C29H26O2. The molecule has 31 heavy (non-hydrogen) atoms. The lowest BCUT2D eigenvalue weighted by atomic mass is 9.62. The lowest BCUT2D eigenvalue weighted by Gasteiger charge is -2.39. The van der Waals surface area contributed by atoms with E-state index in [-0.39, 0.29) is 0 Å². The number of carbonyl (C=O) groups is 2. The van der Waals surface area contributed by atoms with Crippen LogP contribution < -0.4 is 0 Å². The van der Waals surface area contributed by atoms with E-state index >= 15 is 0 Å². The van der Waals surface area contributed by atoms with E-state index in [1.807, 2.05) is 81.4 Å². The van der Waals surface area contributed by atoms with E-state index in [1.54, 1.807) is 0 Å². The van der Waals surface area contributed by atoms with Crippen molar-refractivity contribution in [2.24, 2.45) is 5.41 Å². The van der Waals surface area contributed by atoms with Gasteiger partial charge in [0.25, 0.3) is 0 Å². The highest BCUT2D eigenvalue weighted by molar-refractivity contribution is 6.48. The quantitative estimate of drug-likeness (QED) is 0.299. The van der Waals surface area contributed by atoms with Crippen LogP contribution in [-0.2, 0) is 15.0 Å². The molecular weight excluding hydrogens is 380 g/mol. The SMILES string of the molecule is CC(C)(C)C1=CC(C(c2ccccc2)(c2ccccc2)c2ccccc2)=CC(=O)C1=O. The molecule has 0 saturated heterocycles. The van der Waals surface area contributed by atoms with Crippen LogP contribution in [0.5, 0.6) is 0 Å². The van der Waals surface area contributed by atoms with E-state index < -0.39 is 22.4 Å². The summed E-state index contributed by atoms with van der Waals surface area (Å²) in [5.74, 6) is -0.881. The predicted molar refractivity (Wildman–Crippen MR) is 125 cm³/mol. The number of ketones is 2. The molecule has 0 bridgehead atoms. The lowest BCUT2D eigenvalue weighted by Crippen LogP contribution is -2.36. The van der Waals surface area contributed by atoms with Crippen molar-refractivity contribution >= 4 is 11.6 Å². The van der Waals surface area contributed by atoms with Gasteiger partial charge in [-0.1, -0.05) is 112 Å². The highest BCUT2D eigenvalue weighted by Gasteiger charge is 2.43. The largest absolute Gasteiger partial charge is 0.286 e. The Morgan fingerprint density at radius 1 is 0.548 bits per heavy atom. The lowest BCUT2D eigenvalue weighted by molar-refractivity contribution is -0.132. The van der Waals surface area contributed by atoms with Crippen molar-refractivity contribution in [1.82, 2.24) is 0 Å². The summed E-state index contributed by atoms with van der Waals surface area (Å²) in [6, 6.07) is 30.6. The van der Waals surface area contributed by atoms with Crippen LogP contribution in [0.15, 0.2) is 114 Å². The minimum Gasteiger partial charge on any atom is -0.286 e. The molecule has 0 aromatic heterocycles. The molecule has 0 N–H and O–H groups in total. The number of carbonyl (C=O) groups excluding carboxylic acids is 2. The molecule has 0 fully saturated rings. The fraction of sp³-hybridized carbons (Fsp3) is 0.172. The first kappa shape index (κ1) is 20.7. The number of rotatable bonds is 4. The van der Waals surface area contributed by atoms with Gasteiger partial charge in [0.15, 0.2) is 0 Å². The molecule has 2 heteroatoms. The summed E-state index contributed by atoms with van der Waals surface area (Å²) in [5.41, 5.74) is 3.33. The maximum Gasteiger partial charge on any atom is 0.229 e. The Morgan fingerprint density at radius 3 is 1.29 bits per heavy atom. The average Bonchev–Trinajstić information content (AvgIpc) is 2.78. The maximum absolute atomic E-state index is 12.9. The van der Waals surface area contributed by atoms with Crippen LogP contribution in [0.25, 0.3) is 0 Å². The highest BCUT2D eigenvalue weighted by Crippen LogP contribution is 2.47. The van der Waals surface area contributed by atoms with E-state index in [1.165, 1.54) is 6.08 Å². The molecule has 2 nitrogen and oxygen atoms in total. The van der Waals surface area contributed by atoms with Crippen LogP contribution in [0.2, 0.25) is 0 Å². The van der Waals surface area contributed by atoms with Gasteiger partial charge < -0.3 is 0 Å². The van der Waals surface area contributed by atoms with Gasteiger partial charge in [0.05, 0.1) is 5.41 Å². The summed E-state index contributed by atoms with van der Waals surface area (Å²) < 4.78 is 0. The van der Waals surface area contributed by atoms with Crippen LogP contribution in [-0.4, -0.2) is 11.6 Å². The van der Waals surface area contributed by atoms with Gasteiger partial charge in [-0.25, -0.2) is 0 Å². The van der Waals surface area contributed by atoms with Crippen LogP contribution in [0.4, 0.5) is 0 Å². The molecule has 3 aromatic rings. The average molecular weight is 407 g/mol. The first-order valence-corrected chi connectivity index (χ1v) is 10.5. The zero-order valence-corrected chi connectivity index (χ0v) is 18.1. The summed E-state index contributed by atoms with van der Waals surface area (Å²) in [6.07, 6.45) is 3.47. The van der Waals surface area contributed by atoms with Crippen molar-refractivity contribution in [3.63, 3.8) is 0 Å². The second-order valence-corrected chi connectivity index (χ2v) is 8.95. The zero-order valence-electron chi connectivity index (χ0n) is 18.1. The van der Waals surface area contributed by atoms with Gasteiger partial charge in [-0.2, -0.15) is 0 Å². The third kappa shape index (κ3) is 3.59. The summed E-state index contributed by atoms with van der Waals surface area (Å²) >= 11 is 0. The summed E-state index contributed by atoms with van der Waals surface area (Å²) in [4.78, 5) is 25.7. The molecule has 4 rings (SSSR count). The number of hydrogen-bond donors (Lipinski definition) is 0. The number of hydrogen-bond acceptors (Lipinski definition) is 2. The Morgan fingerprint density at radius 2 is 0.935 bits per heavy atom. The van der Waals surface area contributed by atoms with E-state index in [9.17, 15) is 9.59 Å². The van der Waals surface area contributed by atoms with Crippen LogP contribution in [0.3, 0.4) is 0 Å². The van der Waals surface area contributed by atoms with Crippen LogP contribution in [0.1, 0.15) is 37.5 Å². The smallest absolute Gasteiger partial charge is 0.229 e. The highest BCUT2D eigenvalue weighted by atomic mass is 16.2. The topological polar surface area (TPSA) is 34.1 Å². The molecule has 0 spiro atoms. The van der Waals surface area contributed by atoms with Gasteiger partial charge in [0, 0.05) is 5.57 Å². The van der Waals surface area contributed by atoms with Gasteiger partial charge in [-0.3, -0.25) is 9.59 Å². The number of benzene rings is 3. The van der Waals surface area contributed by atoms with Crippen LogP contribution in [0, 0.1) is 5.41 Å². The molecule has 1 aliphatic rings. The van der Waals surface area contributed by atoms with E-state index in [0.29, 0.717) is 5.57 Å². The first-order valence-electron chi connectivity index (χ1n) is 10.5. The minimum atomic E-state index is -0.726. The number of allylic oxidation sites excluding steroid dienone is 4. The standard InChI is InChI=1S/C29H26O2/c1-28(2,3)25-19-24(20-26(30)27(25)31)29(21-13-7-4-8-14-21,22-15-9-5-10-16-22)23-17-11-6-12-18-23/h4-20H,1-3H3. The van der Waals surface area contributed by atoms with E-state index in [0.717, 1.165) is 22.3 Å². The monoisotopic (exact) mass is 406 g/mol. The molecule has 0 heterocycles. The van der Waals surface area contributed by atoms with Gasteiger partial charge >= 0.3 is 0 Å². The molecule has 0 saturated carbocycles. The molecule has 3 aromatic carbocycles. The van der Waals surface area contributed by atoms with Crippen molar-refractivity contribution in [3.05, 3.63) is 131 Å². The Labute approximate surface area is 183 Å². The molecule has 154 valence electrons. The van der Waals surface area contributed by atoms with Gasteiger partial charge in [-0.15, -0.1) is 0 Å². The van der Waals surface area contributed by atoms with Crippen molar-refractivity contribution in [3.8, 4) is 0 Å². The van der Waals surface area contributed by atoms with Crippen molar-refractivity contribution in [2.75, 3.05) is 0 Å². The second kappa shape index (κ2) is 7.96. The van der Waals surface area contributed by atoms with Gasteiger partial charge in [-0.05, 0) is 39.8 Å². The molecule has 1 aliphatic carbocycles. The minimum absolute atomic E-state index is 0.417. The Bertz CT molecular complexity index is 1070. The fourth-order valence-electron chi connectivity index (χ4n) is 4.44. The summed E-state index contributed by atoms with van der Waals surface area (Å²) in [6.45, 7) is 5.92. The van der Waals surface area contributed by atoms with Crippen LogP contribution >= 0.6 is 0 Å². The summed E-state index contributed by atoms with van der Waals surface area (Å²) in [7, 11) is 0. The molecule has 0 atom stereocenters. The number of Topliss-reactive ketones (excluding diaryl/α,β-unsaturated/α-hetero) is 1. The molecule has 0 amide bonds. The van der Waals surface area contributed by atoms with Gasteiger partial charge in [0.2, 0.25) is 11.6 Å². The van der Waals surface area contributed by atoms with Crippen molar-refractivity contribution < 1.29 is 9.59 Å². The van der Waals surface area contributed by atoms with Gasteiger partial charge in [0.1, 0.15) is 0 Å².